The molecule has 34 heavy (non-hydrogen) atoms. The Kier molecular flexibility index (Phi) is 8.60. The van der Waals surface area contributed by atoms with Crippen LogP contribution in [-0.2, 0) is 0 Å². The molecule has 3 aromatic rings. The van der Waals surface area contributed by atoms with Gasteiger partial charge < -0.3 is 24.3 Å². The minimum Gasteiger partial charge on any atom is -0.493 e. The molecule has 0 aliphatic heterocycles. The highest BCUT2D eigenvalue weighted by atomic mass is 35.5. The maximum absolute atomic E-state index is 12.3. The van der Waals surface area contributed by atoms with E-state index < -0.39 is 0 Å². The van der Waals surface area contributed by atoms with E-state index in [1.54, 1.807) is 45.7 Å². The Bertz CT molecular complexity index is 1180. The van der Waals surface area contributed by atoms with Crippen LogP contribution in [0.2, 0.25) is 5.02 Å². The smallest absolute Gasteiger partial charge is 0.203 e. The Labute approximate surface area is 204 Å². The molecule has 0 unspecified atom stereocenters. The normalized spacial score (nSPS) is 11.0. The number of benzene rings is 3. The summed E-state index contributed by atoms with van der Waals surface area (Å²) in [6, 6.07) is 16.4. The molecule has 0 amide bonds. The fraction of sp³-hybridized carbons (Fsp3) is 0.148. The largest absolute Gasteiger partial charge is 0.493 e. The molecule has 0 aliphatic rings. The molecule has 176 valence electrons. The Balaban J connectivity index is 1.86. The number of hydrogen-bond acceptors (Lipinski definition) is 6. The molecule has 0 aliphatic carbocycles. The fourth-order valence-corrected chi connectivity index (χ4v) is 3.63. The molecule has 0 bridgehead atoms. The van der Waals surface area contributed by atoms with E-state index in [0.717, 1.165) is 11.1 Å². The summed E-state index contributed by atoms with van der Waals surface area (Å²) in [5.74, 6) is 2.01. The van der Waals surface area contributed by atoms with Crippen LogP contribution in [0.15, 0.2) is 66.9 Å². The number of methoxy groups -OCH3 is 4. The van der Waals surface area contributed by atoms with Gasteiger partial charge in [-0.3, -0.25) is 4.79 Å². The van der Waals surface area contributed by atoms with Gasteiger partial charge in [-0.2, -0.15) is 0 Å². The Morgan fingerprint density at radius 3 is 1.94 bits per heavy atom. The third-order valence-electron chi connectivity index (χ3n) is 4.96. The number of halogens is 1. The predicted octanol–water partition coefficient (Wildman–Crippen LogP) is 6.35. The zero-order valence-corrected chi connectivity index (χ0v) is 20.2. The van der Waals surface area contributed by atoms with Crippen LogP contribution in [0.5, 0.6) is 23.0 Å². The molecule has 0 fully saturated rings. The summed E-state index contributed by atoms with van der Waals surface area (Å²) in [7, 11) is 6.24. The molecule has 3 aromatic carbocycles. The van der Waals surface area contributed by atoms with Crippen LogP contribution in [0.3, 0.4) is 0 Å². The van der Waals surface area contributed by atoms with Crippen molar-refractivity contribution in [1.29, 1.82) is 0 Å². The first-order valence-electron chi connectivity index (χ1n) is 10.4. The van der Waals surface area contributed by atoms with E-state index in [-0.39, 0.29) is 5.78 Å². The van der Waals surface area contributed by atoms with E-state index in [1.807, 2.05) is 48.6 Å². The maximum Gasteiger partial charge on any atom is 0.203 e. The summed E-state index contributed by atoms with van der Waals surface area (Å²) < 4.78 is 21.6. The molecule has 0 heterocycles. The Morgan fingerprint density at radius 2 is 1.38 bits per heavy atom. The molecule has 6 nitrogen and oxygen atoms in total. The molecule has 0 atom stereocenters. The summed E-state index contributed by atoms with van der Waals surface area (Å²) in [5, 5.41) is 3.52. The number of carbonyl (C=O) groups is 1. The van der Waals surface area contributed by atoms with E-state index in [0.29, 0.717) is 39.3 Å². The standard InChI is InChI=1S/C27H26ClNO5/c1-31-24-16-19(17-25(32-2)27(24)34-4)11-10-18-14-21(28)26(33-3)22(15-18)29-13-12-23(30)20-8-6-5-7-9-20/h5-17,29H,1-4H3/b11-10+,13-12-. The van der Waals surface area contributed by atoms with Gasteiger partial charge in [0.05, 0.1) is 39.1 Å². The zero-order chi connectivity index (χ0) is 24.5. The molecule has 0 radical (unpaired) electrons. The summed E-state index contributed by atoms with van der Waals surface area (Å²) >= 11 is 6.44. The quantitative estimate of drug-likeness (QED) is 0.207. The SMILES string of the molecule is COc1cc(/C=C/c2cc(Cl)c(OC)c(N/C=C\C(=O)c3ccccc3)c2)cc(OC)c1OC. The molecule has 1 N–H and O–H groups in total. The highest BCUT2D eigenvalue weighted by Crippen LogP contribution is 2.39. The number of carbonyl (C=O) groups excluding carboxylic acids is 1. The van der Waals surface area contributed by atoms with Gasteiger partial charge >= 0.3 is 0 Å². The first kappa shape index (κ1) is 24.7. The Morgan fingerprint density at radius 1 is 0.794 bits per heavy atom. The predicted molar refractivity (Wildman–Crippen MR) is 137 cm³/mol. The van der Waals surface area contributed by atoms with Gasteiger partial charge in [-0.1, -0.05) is 54.1 Å². The van der Waals surface area contributed by atoms with Crippen LogP contribution < -0.4 is 24.3 Å². The number of allylic oxidation sites excluding steroid dienone is 1. The lowest BCUT2D eigenvalue weighted by molar-refractivity contribution is 0.104. The lowest BCUT2D eigenvalue weighted by Crippen LogP contribution is -1.98. The van der Waals surface area contributed by atoms with Gasteiger partial charge in [0.2, 0.25) is 5.75 Å². The molecular formula is C27H26ClNO5. The van der Waals surface area contributed by atoms with Crippen molar-refractivity contribution in [3.63, 3.8) is 0 Å². The minimum atomic E-state index is -0.114. The molecule has 0 saturated heterocycles. The lowest BCUT2D eigenvalue weighted by Gasteiger charge is -2.13. The monoisotopic (exact) mass is 479 g/mol. The average Bonchev–Trinajstić information content (AvgIpc) is 2.87. The van der Waals surface area contributed by atoms with Crippen LogP contribution >= 0.6 is 11.6 Å². The first-order chi connectivity index (χ1) is 16.5. The average molecular weight is 480 g/mol. The molecular weight excluding hydrogens is 454 g/mol. The maximum atomic E-state index is 12.3. The minimum absolute atomic E-state index is 0.114. The van der Waals surface area contributed by atoms with Crippen molar-refractivity contribution in [3.8, 4) is 23.0 Å². The number of rotatable bonds is 10. The third-order valence-corrected chi connectivity index (χ3v) is 5.24. The van der Waals surface area contributed by atoms with E-state index in [4.69, 9.17) is 30.5 Å². The van der Waals surface area contributed by atoms with Gasteiger partial charge in [0.1, 0.15) is 0 Å². The Hall–Kier alpha value is -3.90. The molecule has 7 heteroatoms. The highest BCUT2D eigenvalue weighted by molar-refractivity contribution is 6.32. The van der Waals surface area contributed by atoms with Crippen LogP contribution in [0.1, 0.15) is 21.5 Å². The van der Waals surface area contributed by atoms with Gasteiger partial charge in [0.25, 0.3) is 0 Å². The molecule has 0 saturated carbocycles. The van der Waals surface area contributed by atoms with Crippen molar-refractivity contribution in [2.45, 2.75) is 0 Å². The number of hydrogen-bond donors (Lipinski definition) is 1. The van der Waals surface area contributed by atoms with Crippen molar-refractivity contribution in [2.24, 2.45) is 0 Å². The number of ether oxygens (including phenoxy) is 4. The van der Waals surface area contributed by atoms with Crippen molar-refractivity contribution in [2.75, 3.05) is 33.8 Å². The summed E-state index contributed by atoms with van der Waals surface area (Å²) in [6.07, 6.45) is 6.83. The van der Waals surface area contributed by atoms with E-state index >= 15 is 0 Å². The van der Waals surface area contributed by atoms with Crippen LogP contribution in [0.4, 0.5) is 5.69 Å². The van der Waals surface area contributed by atoms with E-state index in [1.165, 1.54) is 13.2 Å². The van der Waals surface area contributed by atoms with Crippen LogP contribution in [0.25, 0.3) is 12.2 Å². The number of ketones is 1. The van der Waals surface area contributed by atoms with Gasteiger partial charge in [-0.15, -0.1) is 0 Å². The third kappa shape index (κ3) is 5.91. The molecule has 3 rings (SSSR count). The second-order valence-electron chi connectivity index (χ2n) is 7.08. The summed E-state index contributed by atoms with van der Waals surface area (Å²) in [6.45, 7) is 0. The molecule has 0 spiro atoms. The van der Waals surface area contributed by atoms with Gasteiger partial charge in [-0.25, -0.2) is 0 Å². The van der Waals surface area contributed by atoms with Crippen LogP contribution in [-0.4, -0.2) is 34.2 Å². The second kappa shape index (κ2) is 11.8. The van der Waals surface area contributed by atoms with Gasteiger partial charge in [-0.05, 0) is 35.4 Å². The van der Waals surface area contributed by atoms with Gasteiger partial charge in [0, 0.05) is 17.8 Å². The van der Waals surface area contributed by atoms with Crippen molar-refractivity contribution in [3.05, 3.63) is 88.6 Å². The number of anilines is 1. The second-order valence-corrected chi connectivity index (χ2v) is 7.49. The van der Waals surface area contributed by atoms with E-state index in [2.05, 4.69) is 5.32 Å². The highest BCUT2D eigenvalue weighted by Gasteiger charge is 2.13. The van der Waals surface area contributed by atoms with Crippen molar-refractivity contribution < 1.29 is 23.7 Å². The van der Waals surface area contributed by atoms with Crippen molar-refractivity contribution in [1.82, 2.24) is 0 Å². The summed E-state index contributed by atoms with van der Waals surface area (Å²) in [5.41, 5.74) is 2.90. The van der Waals surface area contributed by atoms with Crippen molar-refractivity contribution >= 4 is 35.2 Å². The van der Waals surface area contributed by atoms with Crippen LogP contribution in [0, 0.1) is 0 Å². The topological polar surface area (TPSA) is 66.0 Å². The summed E-state index contributed by atoms with van der Waals surface area (Å²) in [4.78, 5) is 12.3. The zero-order valence-electron chi connectivity index (χ0n) is 19.4. The van der Waals surface area contributed by atoms with E-state index in [9.17, 15) is 4.79 Å². The molecule has 0 aromatic heterocycles. The lowest BCUT2D eigenvalue weighted by atomic mass is 10.1. The number of nitrogens with one attached hydrogen (secondary N) is 1. The van der Waals surface area contributed by atoms with Gasteiger partial charge in [0.15, 0.2) is 23.0 Å². The first-order valence-corrected chi connectivity index (χ1v) is 10.8. The fourth-order valence-electron chi connectivity index (χ4n) is 3.32.